The van der Waals surface area contributed by atoms with Gasteiger partial charge in [0.05, 0.1) is 5.69 Å². The Morgan fingerprint density at radius 2 is 1.81 bits per heavy atom. The van der Waals surface area contributed by atoms with Crippen LogP contribution >= 0.6 is 0 Å². The van der Waals surface area contributed by atoms with E-state index in [1.54, 1.807) is 0 Å². The molecule has 0 atom stereocenters. The van der Waals surface area contributed by atoms with Gasteiger partial charge in [0.25, 0.3) is 0 Å². The van der Waals surface area contributed by atoms with Gasteiger partial charge in [0.2, 0.25) is 5.95 Å². The van der Waals surface area contributed by atoms with Crippen LogP contribution in [0.4, 0.5) is 17.5 Å². The Hall–Kier alpha value is -3.41. The third kappa shape index (κ3) is 4.36. The average molecular weight is 348 g/mol. The third-order valence-corrected chi connectivity index (χ3v) is 3.85. The molecule has 0 saturated heterocycles. The number of nitrogens with one attached hydrogen (secondary N) is 2. The third-order valence-electron chi connectivity index (χ3n) is 3.85. The van der Waals surface area contributed by atoms with Gasteiger partial charge in [0.15, 0.2) is 0 Å². The van der Waals surface area contributed by atoms with Crippen LogP contribution in [-0.2, 0) is 4.79 Å². The first-order valence-electron chi connectivity index (χ1n) is 8.26. The molecule has 0 fully saturated rings. The van der Waals surface area contributed by atoms with Crippen molar-refractivity contribution in [2.45, 2.75) is 13.8 Å². The van der Waals surface area contributed by atoms with Crippen molar-refractivity contribution in [1.29, 1.82) is 0 Å². The van der Waals surface area contributed by atoms with E-state index in [1.165, 1.54) is 0 Å². The van der Waals surface area contributed by atoms with Crippen molar-refractivity contribution in [3.8, 4) is 11.3 Å². The lowest BCUT2D eigenvalue weighted by molar-refractivity contribution is -0.134. The van der Waals surface area contributed by atoms with Crippen LogP contribution in [0.15, 0.2) is 54.6 Å². The van der Waals surface area contributed by atoms with Gasteiger partial charge in [-0.3, -0.25) is 4.79 Å². The summed E-state index contributed by atoms with van der Waals surface area (Å²) in [4.78, 5) is 19.7. The van der Waals surface area contributed by atoms with Gasteiger partial charge in [0.1, 0.15) is 12.4 Å². The summed E-state index contributed by atoms with van der Waals surface area (Å²) < 4.78 is 0. The molecular weight excluding hydrogens is 328 g/mol. The Bertz CT molecular complexity index is 926. The minimum Gasteiger partial charge on any atom is -0.480 e. The molecule has 6 nitrogen and oxygen atoms in total. The highest BCUT2D eigenvalue weighted by atomic mass is 16.4. The Morgan fingerprint density at radius 3 is 2.54 bits per heavy atom. The molecule has 0 aliphatic heterocycles. The molecule has 0 aliphatic carbocycles. The lowest BCUT2D eigenvalue weighted by atomic mass is 10.1. The molecule has 3 N–H and O–H groups in total. The summed E-state index contributed by atoms with van der Waals surface area (Å²) in [6, 6.07) is 17.7. The fourth-order valence-electron chi connectivity index (χ4n) is 2.51. The summed E-state index contributed by atoms with van der Waals surface area (Å²) in [5.41, 5.74) is 4.82. The molecule has 0 radical (unpaired) electrons. The molecule has 0 spiro atoms. The molecule has 3 aromatic rings. The van der Waals surface area contributed by atoms with Crippen LogP contribution in [0.1, 0.15) is 11.1 Å². The van der Waals surface area contributed by atoms with Gasteiger partial charge in [-0.25, -0.2) is 4.98 Å². The fraction of sp³-hybridized carbons (Fsp3) is 0.150. The first-order valence-corrected chi connectivity index (χ1v) is 8.26. The maximum atomic E-state index is 10.9. The van der Waals surface area contributed by atoms with Crippen molar-refractivity contribution >= 4 is 23.4 Å². The normalized spacial score (nSPS) is 10.4. The number of aromatic nitrogens is 2. The smallest absolute Gasteiger partial charge is 0.322 e. The molecule has 26 heavy (non-hydrogen) atoms. The van der Waals surface area contributed by atoms with E-state index in [0.29, 0.717) is 11.5 Å². The van der Waals surface area contributed by atoms with Crippen molar-refractivity contribution in [2.75, 3.05) is 17.2 Å². The summed E-state index contributed by atoms with van der Waals surface area (Å²) in [5, 5.41) is 15.0. The molecule has 2 aromatic carbocycles. The van der Waals surface area contributed by atoms with Crippen molar-refractivity contribution in [3.63, 3.8) is 0 Å². The summed E-state index contributed by atoms with van der Waals surface area (Å²) >= 11 is 0. The van der Waals surface area contributed by atoms with Gasteiger partial charge >= 0.3 is 5.97 Å². The SMILES string of the molecule is Cc1ccc(C)c(Nc2cc(-c3ccccc3)nc(NCC(=O)O)n2)c1. The topological polar surface area (TPSA) is 87.1 Å². The number of aliphatic carboxylic acids is 1. The number of anilines is 3. The predicted molar refractivity (Wildman–Crippen MR) is 103 cm³/mol. The summed E-state index contributed by atoms with van der Waals surface area (Å²) in [7, 11) is 0. The maximum absolute atomic E-state index is 10.9. The first-order chi connectivity index (χ1) is 12.5. The molecular formula is C20H20N4O2. The molecule has 1 heterocycles. The van der Waals surface area contributed by atoms with E-state index >= 15 is 0 Å². The number of hydrogen-bond donors (Lipinski definition) is 3. The van der Waals surface area contributed by atoms with E-state index in [9.17, 15) is 4.79 Å². The second-order valence-electron chi connectivity index (χ2n) is 6.02. The second-order valence-corrected chi connectivity index (χ2v) is 6.02. The van der Waals surface area contributed by atoms with E-state index in [4.69, 9.17) is 5.11 Å². The van der Waals surface area contributed by atoms with Crippen molar-refractivity contribution < 1.29 is 9.90 Å². The van der Waals surface area contributed by atoms with Crippen LogP contribution in [0.2, 0.25) is 0 Å². The molecule has 0 bridgehead atoms. The Labute approximate surface area is 152 Å². The standard InChI is InChI=1S/C20H20N4O2/c1-13-8-9-14(2)16(10-13)22-18-11-17(15-6-4-3-5-7-15)23-20(24-18)21-12-19(25)26/h3-11H,12H2,1-2H3,(H,25,26)(H2,21,22,23,24). The van der Waals surface area contributed by atoms with E-state index in [-0.39, 0.29) is 12.5 Å². The number of nitrogens with zero attached hydrogens (tertiary/aromatic N) is 2. The Morgan fingerprint density at radius 1 is 1.04 bits per heavy atom. The molecule has 0 aliphatic rings. The van der Waals surface area contributed by atoms with Crippen LogP contribution < -0.4 is 10.6 Å². The van der Waals surface area contributed by atoms with Crippen molar-refractivity contribution in [2.24, 2.45) is 0 Å². The van der Waals surface area contributed by atoms with Crippen LogP contribution in [-0.4, -0.2) is 27.6 Å². The number of carbonyl (C=O) groups is 1. The van der Waals surface area contributed by atoms with E-state index in [2.05, 4.69) is 26.7 Å². The lowest BCUT2D eigenvalue weighted by Gasteiger charge is -2.13. The number of carboxylic acids is 1. The average Bonchev–Trinajstić information content (AvgIpc) is 2.63. The van der Waals surface area contributed by atoms with Gasteiger partial charge in [0, 0.05) is 17.3 Å². The summed E-state index contributed by atoms with van der Waals surface area (Å²) in [5.74, 6) is -0.107. The first kappa shape index (κ1) is 17.4. The number of rotatable bonds is 6. The van der Waals surface area contributed by atoms with E-state index < -0.39 is 5.97 Å². The quantitative estimate of drug-likeness (QED) is 0.624. The highest BCUT2D eigenvalue weighted by Crippen LogP contribution is 2.25. The molecule has 1 aromatic heterocycles. The lowest BCUT2D eigenvalue weighted by Crippen LogP contribution is -2.15. The highest BCUT2D eigenvalue weighted by molar-refractivity contribution is 5.73. The largest absolute Gasteiger partial charge is 0.480 e. The predicted octanol–water partition coefficient (Wildman–Crippen LogP) is 4.00. The van der Waals surface area contributed by atoms with Gasteiger partial charge < -0.3 is 15.7 Å². The minimum atomic E-state index is -0.970. The number of aryl methyl sites for hydroxylation is 2. The van der Waals surface area contributed by atoms with Crippen LogP contribution in [0.25, 0.3) is 11.3 Å². The molecule has 3 rings (SSSR count). The Balaban J connectivity index is 1.98. The van der Waals surface area contributed by atoms with E-state index in [1.807, 2.05) is 62.4 Å². The van der Waals surface area contributed by atoms with Crippen molar-refractivity contribution in [3.05, 3.63) is 65.7 Å². The van der Waals surface area contributed by atoms with Crippen molar-refractivity contribution in [1.82, 2.24) is 9.97 Å². The number of carboxylic acid groups (broad SMARTS) is 1. The summed E-state index contributed by atoms with van der Waals surface area (Å²) in [6.45, 7) is 3.80. The van der Waals surface area contributed by atoms with Crippen LogP contribution in [0.3, 0.4) is 0 Å². The zero-order chi connectivity index (χ0) is 18.5. The number of hydrogen-bond acceptors (Lipinski definition) is 5. The highest BCUT2D eigenvalue weighted by Gasteiger charge is 2.09. The van der Waals surface area contributed by atoms with Gasteiger partial charge in [-0.1, -0.05) is 42.5 Å². The summed E-state index contributed by atoms with van der Waals surface area (Å²) in [6.07, 6.45) is 0. The molecule has 0 saturated carbocycles. The van der Waals surface area contributed by atoms with Crippen LogP contribution in [0, 0.1) is 13.8 Å². The molecule has 0 amide bonds. The molecule has 132 valence electrons. The molecule has 0 unspecified atom stereocenters. The zero-order valence-corrected chi connectivity index (χ0v) is 14.7. The second kappa shape index (κ2) is 7.65. The van der Waals surface area contributed by atoms with Gasteiger partial charge in [-0.2, -0.15) is 4.98 Å². The minimum absolute atomic E-state index is 0.249. The monoisotopic (exact) mass is 348 g/mol. The van der Waals surface area contributed by atoms with Crippen LogP contribution in [0.5, 0.6) is 0 Å². The fourth-order valence-corrected chi connectivity index (χ4v) is 2.51. The maximum Gasteiger partial charge on any atom is 0.322 e. The van der Waals surface area contributed by atoms with E-state index in [0.717, 1.165) is 22.4 Å². The van der Waals surface area contributed by atoms with Gasteiger partial charge in [-0.15, -0.1) is 0 Å². The zero-order valence-electron chi connectivity index (χ0n) is 14.7. The number of benzene rings is 2. The molecule has 6 heteroatoms. The van der Waals surface area contributed by atoms with Gasteiger partial charge in [-0.05, 0) is 31.0 Å². The Kier molecular flexibility index (Phi) is 5.12.